The molecule has 1 aromatic rings. The molecule has 1 N–H and O–H groups in total. The second kappa shape index (κ2) is 5.87. The molecular weight excluding hydrogens is 305 g/mol. The summed E-state index contributed by atoms with van der Waals surface area (Å²) >= 11 is 4.98. The molecule has 0 unspecified atom stereocenters. The molecule has 0 atom stereocenters. The summed E-state index contributed by atoms with van der Waals surface area (Å²) in [6, 6.07) is 4.67. The summed E-state index contributed by atoms with van der Waals surface area (Å²) in [6.45, 7) is 0. The fourth-order valence-corrected chi connectivity index (χ4v) is 3.10. The lowest BCUT2D eigenvalue weighted by Gasteiger charge is -2.22. The highest BCUT2D eigenvalue weighted by atomic mass is 79.9. The van der Waals surface area contributed by atoms with Crippen molar-refractivity contribution in [3.05, 3.63) is 34.1 Å². The van der Waals surface area contributed by atoms with Gasteiger partial charge >= 0.3 is 0 Å². The third-order valence-corrected chi connectivity index (χ3v) is 4.43. The Labute approximate surface area is 112 Å². The van der Waals surface area contributed by atoms with Crippen LogP contribution in [0, 0.1) is 5.82 Å². The number of nitrogens with one attached hydrogen (secondary N) is 1. The smallest absolute Gasteiger partial charge is 0.251 e. The van der Waals surface area contributed by atoms with E-state index >= 15 is 0 Å². The number of rotatable bonds is 2. The summed E-state index contributed by atoms with van der Waals surface area (Å²) in [4.78, 5) is 11.9. The molecule has 0 aliphatic carbocycles. The van der Waals surface area contributed by atoms with Crippen LogP contribution in [0.3, 0.4) is 0 Å². The van der Waals surface area contributed by atoms with Crippen molar-refractivity contribution in [3.8, 4) is 0 Å². The molecule has 1 fully saturated rings. The molecule has 1 amide bonds. The van der Waals surface area contributed by atoms with E-state index in [0.29, 0.717) is 10.0 Å². The minimum absolute atomic E-state index is 0.187. The van der Waals surface area contributed by atoms with E-state index < -0.39 is 5.82 Å². The molecule has 1 aliphatic rings. The van der Waals surface area contributed by atoms with E-state index in [9.17, 15) is 9.18 Å². The Hall–Kier alpha value is -0.550. The maximum Gasteiger partial charge on any atom is 0.251 e. The Kier molecular flexibility index (Phi) is 4.45. The van der Waals surface area contributed by atoms with Gasteiger partial charge in [-0.25, -0.2) is 4.39 Å². The van der Waals surface area contributed by atoms with Crippen molar-refractivity contribution in [2.45, 2.75) is 18.9 Å². The van der Waals surface area contributed by atoms with Crippen molar-refractivity contribution >= 4 is 33.6 Å². The molecule has 1 aromatic carbocycles. The number of thioether (sulfide) groups is 1. The standard InChI is InChI=1S/C12H13BrFNOS/c13-10-2-1-8(7-11(10)14)12(16)15-9-3-5-17-6-4-9/h1-2,7,9H,3-6H2,(H,15,16). The lowest BCUT2D eigenvalue weighted by molar-refractivity contribution is 0.0934. The molecule has 1 aliphatic heterocycles. The van der Waals surface area contributed by atoms with Gasteiger partial charge in [0.2, 0.25) is 0 Å². The Bertz CT molecular complexity index is 421. The Balaban J connectivity index is 2.01. The van der Waals surface area contributed by atoms with E-state index in [1.807, 2.05) is 11.8 Å². The van der Waals surface area contributed by atoms with Gasteiger partial charge in [-0.15, -0.1) is 0 Å². The lowest BCUT2D eigenvalue weighted by Crippen LogP contribution is -2.37. The van der Waals surface area contributed by atoms with E-state index in [-0.39, 0.29) is 11.9 Å². The minimum atomic E-state index is -0.406. The first-order valence-electron chi connectivity index (χ1n) is 5.50. The summed E-state index contributed by atoms with van der Waals surface area (Å²) in [7, 11) is 0. The molecule has 1 heterocycles. The molecule has 0 bridgehead atoms. The normalized spacial score (nSPS) is 16.8. The van der Waals surface area contributed by atoms with E-state index in [1.165, 1.54) is 6.07 Å². The SMILES string of the molecule is O=C(NC1CCSCC1)c1ccc(Br)c(F)c1. The summed E-state index contributed by atoms with van der Waals surface area (Å²) in [5.41, 5.74) is 0.379. The van der Waals surface area contributed by atoms with E-state index in [0.717, 1.165) is 24.3 Å². The average molecular weight is 318 g/mol. The highest BCUT2D eigenvalue weighted by Crippen LogP contribution is 2.19. The molecule has 2 rings (SSSR count). The first kappa shape index (κ1) is 12.9. The summed E-state index contributed by atoms with van der Waals surface area (Å²) < 4.78 is 13.7. The molecule has 0 spiro atoms. The van der Waals surface area contributed by atoms with Crippen LogP contribution in [0.1, 0.15) is 23.2 Å². The van der Waals surface area contributed by atoms with Crippen LogP contribution in [0.25, 0.3) is 0 Å². The van der Waals surface area contributed by atoms with Crippen molar-refractivity contribution in [3.63, 3.8) is 0 Å². The molecule has 5 heteroatoms. The molecule has 17 heavy (non-hydrogen) atoms. The maximum absolute atomic E-state index is 13.3. The van der Waals surface area contributed by atoms with Crippen molar-refractivity contribution in [2.24, 2.45) is 0 Å². The maximum atomic E-state index is 13.3. The third-order valence-electron chi connectivity index (χ3n) is 2.74. The fraction of sp³-hybridized carbons (Fsp3) is 0.417. The molecule has 92 valence electrons. The first-order valence-corrected chi connectivity index (χ1v) is 7.45. The number of hydrogen-bond donors (Lipinski definition) is 1. The van der Waals surface area contributed by atoms with Crippen molar-refractivity contribution in [1.29, 1.82) is 0 Å². The molecule has 0 saturated carbocycles. The van der Waals surface area contributed by atoms with Crippen molar-refractivity contribution < 1.29 is 9.18 Å². The van der Waals surface area contributed by atoms with Crippen LogP contribution in [-0.2, 0) is 0 Å². The summed E-state index contributed by atoms with van der Waals surface area (Å²) in [5.74, 6) is 1.57. The number of benzene rings is 1. The van der Waals surface area contributed by atoms with Gasteiger partial charge in [0.05, 0.1) is 4.47 Å². The van der Waals surface area contributed by atoms with E-state index in [2.05, 4.69) is 21.2 Å². The van der Waals surface area contributed by atoms with Crippen LogP contribution in [0.15, 0.2) is 22.7 Å². The largest absolute Gasteiger partial charge is 0.349 e. The monoisotopic (exact) mass is 317 g/mol. The van der Waals surface area contributed by atoms with Crippen LogP contribution in [-0.4, -0.2) is 23.5 Å². The third kappa shape index (κ3) is 3.45. The summed E-state index contributed by atoms with van der Waals surface area (Å²) in [6.07, 6.45) is 1.99. The topological polar surface area (TPSA) is 29.1 Å². The highest BCUT2D eigenvalue weighted by molar-refractivity contribution is 9.10. The zero-order valence-corrected chi connectivity index (χ0v) is 11.6. The van der Waals surface area contributed by atoms with Gasteiger partial charge in [0.1, 0.15) is 5.82 Å². The zero-order chi connectivity index (χ0) is 12.3. The fourth-order valence-electron chi connectivity index (χ4n) is 1.75. The molecule has 0 radical (unpaired) electrons. The van der Waals surface area contributed by atoms with Gasteiger partial charge in [0.25, 0.3) is 5.91 Å². The quantitative estimate of drug-likeness (QED) is 0.907. The van der Waals surface area contributed by atoms with Crippen LogP contribution in [0.5, 0.6) is 0 Å². The van der Waals surface area contributed by atoms with Crippen molar-refractivity contribution in [1.82, 2.24) is 5.32 Å². The Morgan fingerprint density at radius 1 is 1.41 bits per heavy atom. The average Bonchev–Trinajstić information content (AvgIpc) is 2.34. The van der Waals surface area contributed by atoms with Gasteiger partial charge in [-0.2, -0.15) is 11.8 Å². The van der Waals surface area contributed by atoms with Crippen LogP contribution < -0.4 is 5.32 Å². The van der Waals surface area contributed by atoms with Crippen LogP contribution in [0.2, 0.25) is 0 Å². The van der Waals surface area contributed by atoms with Gasteiger partial charge in [0.15, 0.2) is 0 Å². The van der Waals surface area contributed by atoms with E-state index in [1.54, 1.807) is 12.1 Å². The number of carbonyl (C=O) groups is 1. The minimum Gasteiger partial charge on any atom is -0.349 e. The Morgan fingerprint density at radius 2 is 2.12 bits per heavy atom. The zero-order valence-electron chi connectivity index (χ0n) is 9.21. The molecule has 0 aromatic heterocycles. The van der Waals surface area contributed by atoms with Gasteiger partial charge in [-0.05, 0) is 58.5 Å². The predicted octanol–water partition coefficient (Wildman–Crippen LogP) is 3.21. The second-order valence-electron chi connectivity index (χ2n) is 3.99. The molecule has 2 nitrogen and oxygen atoms in total. The number of hydrogen-bond acceptors (Lipinski definition) is 2. The number of amides is 1. The van der Waals surface area contributed by atoms with Crippen LogP contribution in [0.4, 0.5) is 4.39 Å². The number of halogens is 2. The van der Waals surface area contributed by atoms with Crippen molar-refractivity contribution in [2.75, 3.05) is 11.5 Å². The molecular formula is C12H13BrFNOS. The van der Waals surface area contributed by atoms with Gasteiger partial charge < -0.3 is 5.32 Å². The predicted molar refractivity (Wildman–Crippen MR) is 71.9 cm³/mol. The first-order chi connectivity index (χ1) is 8.16. The summed E-state index contributed by atoms with van der Waals surface area (Å²) in [5, 5.41) is 2.95. The van der Waals surface area contributed by atoms with Gasteiger partial charge in [-0.3, -0.25) is 4.79 Å². The van der Waals surface area contributed by atoms with E-state index in [4.69, 9.17) is 0 Å². The highest BCUT2D eigenvalue weighted by Gasteiger charge is 2.17. The Morgan fingerprint density at radius 3 is 2.76 bits per heavy atom. The lowest BCUT2D eigenvalue weighted by atomic mass is 10.1. The van der Waals surface area contributed by atoms with Gasteiger partial charge in [-0.1, -0.05) is 0 Å². The van der Waals surface area contributed by atoms with Gasteiger partial charge in [0, 0.05) is 11.6 Å². The van der Waals surface area contributed by atoms with Crippen LogP contribution >= 0.6 is 27.7 Å². The second-order valence-corrected chi connectivity index (χ2v) is 6.07. The molecule has 1 saturated heterocycles. The number of carbonyl (C=O) groups excluding carboxylic acids is 1.